The lowest BCUT2D eigenvalue weighted by molar-refractivity contribution is -0.0129. The van der Waals surface area contributed by atoms with E-state index in [1.165, 1.54) is 32.1 Å². The maximum atomic E-state index is 5.54. The zero-order chi connectivity index (χ0) is 12.0. The van der Waals surface area contributed by atoms with Crippen LogP contribution in [0.3, 0.4) is 0 Å². The molecule has 2 unspecified atom stereocenters. The van der Waals surface area contributed by atoms with Crippen molar-refractivity contribution < 1.29 is 4.84 Å². The molecule has 1 rings (SSSR count). The molecular weight excluding hydrogens is 198 g/mol. The van der Waals surface area contributed by atoms with Gasteiger partial charge in [0.1, 0.15) is 0 Å². The van der Waals surface area contributed by atoms with Crippen LogP contribution in [0.1, 0.15) is 59.8 Å². The Balaban J connectivity index is 2.17. The van der Waals surface area contributed by atoms with Gasteiger partial charge in [0.2, 0.25) is 0 Å². The van der Waals surface area contributed by atoms with E-state index in [2.05, 4.69) is 33.2 Å². The lowest BCUT2D eigenvalue weighted by atomic mass is 9.81. The fraction of sp³-hybridized carbons (Fsp3) is 1.00. The number of hydrogen-bond donors (Lipinski definition) is 1. The summed E-state index contributed by atoms with van der Waals surface area (Å²) in [4.78, 5) is 5.54. The Hall–Kier alpha value is -0.0800. The van der Waals surface area contributed by atoms with E-state index in [0.29, 0.717) is 12.0 Å². The Labute approximate surface area is 101 Å². The second-order valence-corrected chi connectivity index (χ2v) is 6.18. The van der Waals surface area contributed by atoms with Crippen molar-refractivity contribution >= 4 is 0 Å². The summed E-state index contributed by atoms with van der Waals surface area (Å²) in [5, 5.41) is 0. The maximum absolute atomic E-state index is 5.54. The molecule has 1 aliphatic rings. The van der Waals surface area contributed by atoms with Crippen molar-refractivity contribution in [3.05, 3.63) is 0 Å². The molecule has 0 aromatic rings. The summed E-state index contributed by atoms with van der Waals surface area (Å²) >= 11 is 0. The van der Waals surface area contributed by atoms with Crippen molar-refractivity contribution in [3.63, 3.8) is 0 Å². The normalized spacial score (nSPS) is 26.6. The number of nitrogens with one attached hydrogen (secondary N) is 1. The van der Waals surface area contributed by atoms with Gasteiger partial charge >= 0.3 is 0 Å². The predicted molar refractivity (Wildman–Crippen MR) is 69.1 cm³/mol. The number of hydrogen-bond acceptors (Lipinski definition) is 2. The van der Waals surface area contributed by atoms with Crippen molar-refractivity contribution in [3.8, 4) is 0 Å². The molecule has 0 heterocycles. The molecule has 0 aromatic heterocycles. The first-order valence-electron chi connectivity index (χ1n) is 6.95. The molecule has 0 aromatic carbocycles. The zero-order valence-electron chi connectivity index (χ0n) is 11.5. The van der Waals surface area contributed by atoms with Crippen LogP contribution in [-0.4, -0.2) is 12.6 Å². The number of hydroxylamine groups is 1. The second-order valence-electron chi connectivity index (χ2n) is 6.18. The lowest BCUT2D eigenvalue weighted by Crippen LogP contribution is -2.35. The fourth-order valence-electron chi connectivity index (χ4n) is 2.61. The molecule has 1 fully saturated rings. The van der Waals surface area contributed by atoms with Crippen molar-refractivity contribution in [1.82, 2.24) is 5.48 Å². The molecule has 0 aliphatic heterocycles. The largest absolute Gasteiger partial charge is 0.301 e. The van der Waals surface area contributed by atoms with E-state index >= 15 is 0 Å². The first-order chi connectivity index (χ1) is 7.58. The Morgan fingerprint density at radius 1 is 1.12 bits per heavy atom. The highest BCUT2D eigenvalue weighted by Crippen LogP contribution is 2.29. The first-order valence-corrected chi connectivity index (χ1v) is 6.95. The van der Waals surface area contributed by atoms with Gasteiger partial charge in [-0.25, -0.2) is 0 Å². The molecule has 0 spiro atoms. The Bertz CT molecular complexity index is 180. The third kappa shape index (κ3) is 5.86. The summed E-state index contributed by atoms with van der Waals surface area (Å²) < 4.78 is 0. The van der Waals surface area contributed by atoms with E-state index in [4.69, 9.17) is 4.84 Å². The van der Waals surface area contributed by atoms with Crippen LogP contribution in [0.25, 0.3) is 0 Å². The van der Waals surface area contributed by atoms with Crippen LogP contribution >= 0.6 is 0 Å². The summed E-state index contributed by atoms with van der Waals surface area (Å²) in [5.41, 5.74) is 3.26. The fourth-order valence-corrected chi connectivity index (χ4v) is 2.61. The van der Waals surface area contributed by atoms with Gasteiger partial charge in [0.15, 0.2) is 0 Å². The smallest absolute Gasteiger partial charge is 0.0705 e. The van der Waals surface area contributed by atoms with Gasteiger partial charge in [0, 0.05) is 6.04 Å². The SMILES string of the molecule is CC(C)CONC1CCCC(CC(C)C)C1. The summed E-state index contributed by atoms with van der Waals surface area (Å²) in [6.45, 7) is 9.85. The summed E-state index contributed by atoms with van der Waals surface area (Å²) in [6, 6.07) is 0.594. The van der Waals surface area contributed by atoms with Crippen molar-refractivity contribution in [2.24, 2.45) is 17.8 Å². The molecule has 1 aliphatic carbocycles. The molecule has 2 atom stereocenters. The van der Waals surface area contributed by atoms with Crippen LogP contribution < -0.4 is 5.48 Å². The van der Waals surface area contributed by atoms with E-state index < -0.39 is 0 Å². The van der Waals surface area contributed by atoms with Crippen molar-refractivity contribution in [2.75, 3.05) is 6.61 Å². The van der Waals surface area contributed by atoms with Gasteiger partial charge in [-0.2, -0.15) is 5.48 Å². The molecule has 96 valence electrons. The van der Waals surface area contributed by atoms with Gasteiger partial charge in [0.05, 0.1) is 6.61 Å². The van der Waals surface area contributed by atoms with Crippen LogP contribution in [0, 0.1) is 17.8 Å². The highest BCUT2D eigenvalue weighted by atomic mass is 16.6. The second kappa shape index (κ2) is 7.29. The minimum Gasteiger partial charge on any atom is -0.301 e. The average Bonchev–Trinajstić information content (AvgIpc) is 2.16. The van der Waals surface area contributed by atoms with Gasteiger partial charge in [-0.15, -0.1) is 0 Å². The summed E-state index contributed by atoms with van der Waals surface area (Å²) in [6.07, 6.45) is 6.74. The van der Waals surface area contributed by atoms with Gasteiger partial charge < -0.3 is 4.84 Å². The van der Waals surface area contributed by atoms with E-state index in [0.717, 1.165) is 18.4 Å². The van der Waals surface area contributed by atoms with Crippen LogP contribution in [-0.2, 0) is 4.84 Å². The van der Waals surface area contributed by atoms with E-state index in [9.17, 15) is 0 Å². The molecule has 0 amide bonds. The van der Waals surface area contributed by atoms with E-state index in [-0.39, 0.29) is 0 Å². The van der Waals surface area contributed by atoms with Crippen molar-refractivity contribution in [2.45, 2.75) is 65.8 Å². The van der Waals surface area contributed by atoms with Gasteiger partial charge in [-0.3, -0.25) is 0 Å². The van der Waals surface area contributed by atoms with Crippen LogP contribution in [0.15, 0.2) is 0 Å². The zero-order valence-corrected chi connectivity index (χ0v) is 11.5. The van der Waals surface area contributed by atoms with E-state index in [1.807, 2.05) is 0 Å². The minimum absolute atomic E-state index is 0.594. The van der Waals surface area contributed by atoms with Crippen LogP contribution in [0.2, 0.25) is 0 Å². The molecule has 1 saturated carbocycles. The Morgan fingerprint density at radius 2 is 1.88 bits per heavy atom. The molecule has 1 N–H and O–H groups in total. The quantitative estimate of drug-likeness (QED) is 0.697. The first kappa shape index (κ1) is 14.0. The topological polar surface area (TPSA) is 21.3 Å². The van der Waals surface area contributed by atoms with Gasteiger partial charge in [-0.1, -0.05) is 40.5 Å². The molecule has 0 radical (unpaired) electrons. The standard InChI is InChI=1S/C14H29NO/c1-11(2)8-13-6-5-7-14(9-13)15-16-10-12(3)4/h11-15H,5-10H2,1-4H3. The molecule has 16 heavy (non-hydrogen) atoms. The third-order valence-electron chi connectivity index (χ3n) is 3.25. The van der Waals surface area contributed by atoms with Crippen LogP contribution in [0.5, 0.6) is 0 Å². The van der Waals surface area contributed by atoms with Crippen LogP contribution in [0.4, 0.5) is 0 Å². The highest BCUT2D eigenvalue weighted by molar-refractivity contribution is 4.76. The van der Waals surface area contributed by atoms with Gasteiger partial charge in [0.25, 0.3) is 0 Å². The lowest BCUT2D eigenvalue weighted by Gasteiger charge is -2.30. The molecular formula is C14H29NO. The number of rotatable bonds is 6. The third-order valence-corrected chi connectivity index (χ3v) is 3.25. The van der Waals surface area contributed by atoms with Gasteiger partial charge in [-0.05, 0) is 37.0 Å². The molecule has 0 saturated heterocycles. The molecule has 2 heteroatoms. The van der Waals surface area contributed by atoms with E-state index in [1.54, 1.807) is 0 Å². The molecule has 2 nitrogen and oxygen atoms in total. The predicted octanol–water partition coefficient (Wildman–Crippen LogP) is 3.77. The Morgan fingerprint density at radius 3 is 2.50 bits per heavy atom. The Kier molecular flexibility index (Phi) is 6.37. The summed E-state index contributed by atoms with van der Waals surface area (Å²) in [5.74, 6) is 2.36. The summed E-state index contributed by atoms with van der Waals surface area (Å²) in [7, 11) is 0. The van der Waals surface area contributed by atoms with Crippen molar-refractivity contribution in [1.29, 1.82) is 0 Å². The monoisotopic (exact) mass is 227 g/mol. The average molecular weight is 227 g/mol. The maximum Gasteiger partial charge on any atom is 0.0705 e. The molecule has 0 bridgehead atoms. The minimum atomic E-state index is 0.594. The highest BCUT2D eigenvalue weighted by Gasteiger charge is 2.22.